The van der Waals surface area contributed by atoms with E-state index in [9.17, 15) is 22.8 Å². The molecule has 2 N–H and O–H groups in total. The molecule has 3 aromatic heterocycles. The van der Waals surface area contributed by atoms with Crippen LogP contribution < -0.4 is 15.5 Å². The first-order chi connectivity index (χ1) is 15.8. The molecule has 1 fully saturated rings. The van der Waals surface area contributed by atoms with Gasteiger partial charge in [-0.3, -0.25) is 14.6 Å². The molecule has 0 aromatic carbocycles. The van der Waals surface area contributed by atoms with E-state index < -0.39 is 17.6 Å². The Bertz CT molecular complexity index is 1140. The smallest absolute Gasteiger partial charge is 0.346 e. The monoisotopic (exact) mass is 478 g/mol. The van der Waals surface area contributed by atoms with Crippen LogP contribution in [0.5, 0.6) is 0 Å². The Hall–Kier alpha value is -3.68. The van der Waals surface area contributed by atoms with Gasteiger partial charge in [-0.1, -0.05) is 11.3 Å². The van der Waals surface area contributed by atoms with Gasteiger partial charge in [0.15, 0.2) is 5.82 Å². The Morgan fingerprint density at radius 3 is 2.79 bits per heavy atom. The first-order valence-electron chi connectivity index (χ1n) is 9.76. The van der Waals surface area contributed by atoms with E-state index in [2.05, 4.69) is 36.0 Å². The number of hydrogen-bond donors (Lipinski definition) is 2. The van der Waals surface area contributed by atoms with Gasteiger partial charge in [0, 0.05) is 25.2 Å². The van der Waals surface area contributed by atoms with E-state index in [1.165, 1.54) is 0 Å². The van der Waals surface area contributed by atoms with Crippen LogP contribution in [0.2, 0.25) is 0 Å². The Balaban J connectivity index is 1.34. The summed E-state index contributed by atoms with van der Waals surface area (Å²) in [4.78, 5) is 28.7. The Kier molecular flexibility index (Phi) is 6.44. The Labute approximate surface area is 189 Å². The van der Waals surface area contributed by atoms with Crippen molar-refractivity contribution in [1.29, 1.82) is 0 Å². The molecule has 2 amide bonds. The third kappa shape index (κ3) is 5.39. The highest BCUT2D eigenvalue weighted by Crippen LogP contribution is 2.32. The van der Waals surface area contributed by atoms with Gasteiger partial charge < -0.3 is 15.5 Å². The van der Waals surface area contributed by atoms with Crippen molar-refractivity contribution in [3.8, 4) is 0 Å². The summed E-state index contributed by atoms with van der Waals surface area (Å²) in [6, 6.07) is 5.23. The van der Waals surface area contributed by atoms with Crippen LogP contribution in [0.25, 0.3) is 0 Å². The van der Waals surface area contributed by atoms with E-state index in [0.29, 0.717) is 30.4 Å². The second-order valence-electron chi connectivity index (χ2n) is 7.14. The predicted octanol–water partition coefficient (Wildman–Crippen LogP) is 2.23. The van der Waals surface area contributed by atoms with Crippen molar-refractivity contribution in [1.82, 2.24) is 30.7 Å². The number of carbonyl (C=O) groups excluding carboxylic acids is 2. The van der Waals surface area contributed by atoms with E-state index in [-0.39, 0.29) is 23.2 Å². The summed E-state index contributed by atoms with van der Waals surface area (Å²) in [6.07, 6.45) is -2.10. The quantitative estimate of drug-likeness (QED) is 0.495. The topological polar surface area (TPSA) is 126 Å². The van der Waals surface area contributed by atoms with Crippen LogP contribution >= 0.6 is 11.3 Å². The maximum absolute atomic E-state index is 12.8. The molecular weight excluding hydrogens is 461 g/mol. The molecule has 4 rings (SSSR count). The average Bonchev–Trinajstić information content (AvgIpc) is 3.48. The molecule has 3 aromatic rings. The van der Waals surface area contributed by atoms with Crippen molar-refractivity contribution in [3.63, 3.8) is 0 Å². The van der Waals surface area contributed by atoms with E-state index in [4.69, 9.17) is 0 Å². The molecule has 0 spiro atoms. The lowest BCUT2D eigenvalue weighted by molar-refractivity contribution is -0.137. The van der Waals surface area contributed by atoms with Crippen LogP contribution in [0.3, 0.4) is 0 Å². The van der Waals surface area contributed by atoms with Gasteiger partial charge in [0.1, 0.15) is 0 Å². The maximum atomic E-state index is 12.8. The lowest BCUT2D eigenvalue weighted by atomic mass is 10.1. The summed E-state index contributed by atoms with van der Waals surface area (Å²) in [5.74, 6) is -0.0718. The van der Waals surface area contributed by atoms with Gasteiger partial charge in [0.2, 0.25) is 16.5 Å². The summed E-state index contributed by atoms with van der Waals surface area (Å²) in [5, 5.41) is 21.7. The number of nitrogens with one attached hydrogen (secondary N) is 2. The minimum Gasteiger partial charge on any atom is -0.346 e. The summed E-state index contributed by atoms with van der Waals surface area (Å²) in [5.41, 5.74) is 0.0358. The van der Waals surface area contributed by atoms with Gasteiger partial charge in [-0.2, -0.15) is 18.3 Å². The number of rotatable bonds is 7. The number of halogens is 3. The second kappa shape index (κ2) is 9.44. The second-order valence-corrected chi connectivity index (χ2v) is 8.10. The van der Waals surface area contributed by atoms with Crippen LogP contribution in [0, 0.1) is 0 Å². The fourth-order valence-electron chi connectivity index (χ4n) is 3.31. The zero-order chi connectivity index (χ0) is 23.4. The van der Waals surface area contributed by atoms with Crippen LogP contribution in [0.4, 0.5) is 24.1 Å². The molecule has 14 heteroatoms. The zero-order valence-corrected chi connectivity index (χ0v) is 17.7. The molecule has 0 aliphatic carbocycles. The molecule has 1 aliphatic rings. The highest BCUT2D eigenvalue weighted by Gasteiger charge is 2.31. The number of anilines is 2. The minimum atomic E-state index is -4.48. The minimum absolute atomic E-state index is 0.0840. The molecule has 4 heterocycles. The summed E-state index contributed by atoms with van der Waals surface area (Å²) >= 11 is 1.09. The predicted molar refractivity (Wildman–Crippen MR) is 112 cm³/mol. The molecule has 1 unspecified atom stereocenters. The molecule has 1 saturated heterocycles. The van der Waals surface area contributed by atoms with Gasteiger partial charge in [-0.25, -0.2) is 0 Å². The largest absolute Gasteiger partial charge is 0.416 e. The van der Waals surface area contributed by atoms with Crippen molar-refractivity contribution < 1.29 is 22.8 Å². The van der Waals surface area contributed by atoms with Crippen LogP contribution in [-0.2, 0) is 17.5 Å². The SMILES string of the molecule is O=CNc1ccc(C2CCN(c3nnc(C(=O)NCc4cc(C(F)(F)F)ccn4)s3)C2)nn1. The molecule has 33 heavy (non-hydrogen) atoms. The number of pyridine rings is 1. The van der Waals surface area contributed by atoms with Crippen LogP contribution in [0.1, 0.15) is 39.1 Å². The number of aromatic nitrogens is 5. The van der Waals surface area contributed by atoms with Crippen molar-refractivity contribution in [2.45, 2.75) is 25.1 Å². The van der Waals surface area contributed by atoms with Gasteiger partial charge in [0.25, 0.3) is 5.91 Å². The summed E-state index contributed by atoms with van der Waals surface area (Å²) < 4.78 is 38.4. The third-order valence-electron chi connectivity index (χ3n) is 4.95. The first-order valence-corrected chi connectivity index (χ1v) is 10.6. The number of amides is 2. The fourth-order valence-corrected chi connectivity index (χ4v) is 4.10. The van der Waals surface area contributed by atoms with E-state index in [1.807, 2.05) is 4.90 Å². The molecule has 1 atom stereocenters. The summed E-state index contributed by atoms with van der Waals surface area (Å²) in [7, 11) is 0. The number of carbonyl (C=O) groups is 2. The highest BCUT2D eigenvalue weighted by molar-refractivity contribution is 7.17. The molecule has 0 bridgehead atoms. The zero-order valence-electron chi connectivity index (χ0n) is 16.9. The van der Waals surface area contributed by atoms with Crippen molar-refractivity contribution in [2.75, 3.05) is 23.3 Å². The lowest BCUT2D eigenvalue weighted by Crippen LogP contribution is -2.23. The van der Waals surface area contributed by atoms with Gasteiger partial charge in [-0.05, 0) is 30.7 Å². The summed E-state index contributed by atoms with van der Waals surface area (Å²) in [6.45, 7) is 1.13. The number of hydrogen-bond acceptors (Lipinski definition) is 9. The molecule has 10 nitrogen and oxygen atoms in total. The Morgan fingerprint density at radius 1 is 1.21 bits per heavy atom. The van der Waals surface area contributed by atoms with Crippen molar-refractivity contribution in [3.05, 3.63) is 52.4 Å². The van der Waals surface area contributed by atoms with Gasteiger partial charge >= 0.3 is 6.18 Å². The van der Waals surface area contributed by atoms with E-state index in [0.717, 1.165) is 41.8 Å². The molecule has 0 saturated carbocycles. The molecule has 1 aliphatic heterocycles. The van der Waals surface area contributed by atoms with Crippen molar-refractivity contribution in [2.24, 2.45) is 0 Å². The molecule has 172 valence electrons. The number of nitrogens with zero attached hydrogens (tertiary/aromatic N) is 6. The first kappa shape index (κ1) is 22.5. The van der Waals surface area contributed by atoms with Gasteiger partial charge in [-0.15, -0.1) is 15.3 Å². The van der Waals surface area contributed by atoms with Crippen LogP contribution in [-0.4, -0.2) is 50.8 Å². The molecular formula is C19H17F3N8O2S. The number of alkyl halides is 3. The van der Waals surface area contributed by atoms with Crippen molar-refractivity contribution >= 4 is 34.6 Å². The van der Waals surface area contributed by atoms with Gasteiger partial charge in [0.05, 0.1) is 23.5 Å². The molecule has 0 radical (unpaired) electrons. The maximum Gasteiger partial charge on any atom is 0.416 e. The van der Waals surface area contributed by atoms with E-state index >= 15 is 0 Å². The normalized spacial score (nSPS) is 16.0. The average molecular weight is 478 g/mol. The Morgan fingerprint density at radius 2 is 2.06 bits per heavy atom. The third-order valence-corrected chi connectivity index (χ3v) is 5.93. The highest BCUT2D eigenvalue weighted by atomic mass is 32.1. The van der Waals surface area contributed by atoms with Crippen LogP contribution in [0.15, 0.2) is 30.5 Å². The van der Waals surface area contributed by atoms with E-state index in [1.54, 1.807) is 12.1 Å². The standard InChI is InChI=1S/C19H17F3N8O2S/c20-19(21,22)12-3-5-23-13(7-12)8-24-16(32)17-28-29-18(33-17)30-6-4-11(9-30)14-1-2-15(25-10-31)27-26-14/h1-3,5,7,10-11H,4,6,8-9H2,(H,24,32)(H,25,27,31). The lowest BCUT2D eigenvalue weighted by Gasteiger charge is -2.13. The fraction of sp³-hybridized carbons (Fsp3) is 0.316.